The van der Waals surface area contributed by atoms with Crippen molar-refractivity contribution in [3.8, 4) is 11.1 Å². The van der Waals surface area contributed by atoms with Crippen LogP contribution in [0.2, 0.25) is 0 Å². The summed E-state index contributed by atoms with van der Waals surface area (Å²) >= 11 is 0. The van der Waals surface area contributed by atoms with Crippen molar-refractivity contribution in [2.24, 2.45) is 20.5 Å². The summed E-state index contributed by atoms with van der Waals surface area (Å²) in [7, 11) is 0. The molecule has 0 fully saturated rings. The van der Waals surface area contributed by atoms with Crippen LogP contribution in [0.3, 0.4) is 0 Å². The molecule has 0 aliphatic heterocycles. The number of carboxylic acid groups (broad SMARTS) is 2. The molecule has 0 atom stereocenters. The van der Waals surface area contributed by atoms with Gasteiger partial charge in [0.25, 0.3) is 11.8 Å². The van der Waals surface area contributed by atoms with Crippen molar-refractivity contribution < 1.29 is 108 Å². The summed E-state index contributed by atoms with van der Waals surface area (Å²) < 4.78 is 0. The first-order chi connectivity index (χ1) is 27.3. The van der Waals surface area contributed by atoms with Crippen LogP contribution in [-0.4, -0.2) is 45.8 Å². The third kappa shape index (κ3) is 13.5. The predicted molar refractivity (Wildman–Crippen MR) is 208 cm³/mol. The van der Waals surface area contributed by atoms with E-state index in [1.807, 2.05) is 0 Å². The maximum atomic E-state index is 13.2. The number of amides is 4. The SMILES string of the molecule is CC(=O)Nc1ccc(N=N/C(C(=O)Nc2ccc(-c3ccc(NC(=O)/C(N=Nc4ccc(NC(C)=O)cc4C(=O)[O-])=C(\C)O)c(C)c3)cc2C)=C(/C)O)c(C(=O)[O-])c1.[Na+].[Na+]. The van der Waals surface area contributed by atoms with Gasteiger partial charge >= 0.3 is 59.1 Å². The number of carboxylic acids is 2. The molecule has 4 amide bonds. The van der Waals surface area contributed by atoms with E-state index in [4.69, 9.17) is 0 Å². The fourth-order valence-corrected chi connectivity index (χ4v) is 5.24. The molecule has 298 valence electrons. The van der Waals surface area contributed by atoms with Gasteiger partial charge in [-0.15, -0.1) is 20.5 Å². The van der Waals surface area contributed by atoms with E-state index in [2.05, 4.69) is 41.7 Å². The molecule has 6 N–H and O–H groups in total. The molecule has 0 heterocycles. The molecular weight excluding hydrogens is 798 g/mol. The van der Waals surface area contributed by atoms with Crippen molar-refractivity contribution in [1.29, 1.82) is 0 Å². The molecule has 4 rings (SSSR count). The number of hydrogen-bond donors (Lipinski definition) is 6. The topological polar surface area (TPSA) is 287 Å². The number of aliphatic hydroxyl groups excluding tert-OH is 2. The normalized spacial score (nSPS) is 11.6. The van der Waals surface area contributed by atoms with Crippen LogP contribution in [0.25, 0.3) is 11.1 Å². The van der Waals surface area contributed by atoms with Crippen molar-refractivity contribution in [1.82, 2.24) is 0 Å². The van der Waals surface area contributed by atoms with Crippen LogP contribution in [-0.2, 0) is 19.2 Å². The number of aromatic carboxylic acids is 2. The molecule has 0 saturated carbocycles. The van der Waals surface area contributed by atoms with Gasteiger partial charge in [-0.05, 0) is 111 Å². The Bertz CT molecular complexity index is 2320. The number of nitrogens with one attached hydrogen (secondary N) is 4. The molecule has 0 radical (unpaired) electrons. The number of allylic oxidation sites excluding steroid dienone is 2. The minimum Gasteiger partial charge on any atom is -0.545 e. The molecule has 0 saturated heterocycles. The molecule has 0 unspecified atom stereocenters. The van der Waals surface area contributed by atoms with Gasteiger partial charge in [0, 0.05) is 47.7 Å². The number of azo groups is 2. The monoisotopic (exact) mass is 834 g/mol. The Morgan fingerprint density at radius 1 is 0.517 bits per heavy atom. The van der Waals surface area contributed by atoms with Gasteiger partial charge in [0.05, 0.1) is 23.3 Å². The summed E-state index contributed by atoms with van der Waals surface area (Å²) in [5.74, 6) is -6.75. The van der Waals surface area contributed by atoms with Crippen molar-refractivity contribution in [3.63, 3.8) is 0 Å². The van der Waals surface area contributed by atoms with Gasteiger partial charge in [0.2, 0.25) is 11.8 Å². The first-order valence-electron chi connectivity index (χ1n) is 17.1. The van der Waals surface area contributed by atoms with E-state index in [9.17, 15) is 49.2 Å². The molecule has 0 aliphatic carbocycles. The Morgan fingerprint density at radius 3 is 1.15 bits per heavy atom. The number of hydrogen-bond acceptors (Lipinski definition) is 14. The molecule has 60 heavy (non-hydrogen) atoms. The summed E-state index contributed by atoms with van der Waals surface area (Å²) in [5, 5.41) is 69.3. The summed E-state index contributed by atoms with van der Waals surface area (Å²) in [6.07, 6.45) is 0. The zero-order valence-electron chi connectivity index (χ0n) is 33.9. The third-order valence-corrected chi connectivity index (χ3v) is 7.99. The van der Waals surface area contributed by atoms with Gasteiger partial charge in [0.1, 0.15) is 11.5 Å². The number of carbonyl (C=O) groups is 6. The van der Waals surface area contributed by atoms with Crippen LogP contribution in [0.15, 0.2) is 116 Å². The number of rotatable bonds is 13. The van der Waals surface area contributed by atoms with E-state index in [1.165, 1.54) is 52.0 Å². The van der Waals surface area contributed by atoms with Crippen molar-refractivity contribution in [3.05, 3.63) is 118 Å². The van der Waals surface area contributed by atoms with Gasteiger partial charge in [-0.25, -0.2) is 0 Å². The number of benzene rings is 4. The van der Waals surface area contributed by atoms with E-state index >= 15 is 0 Å². The fourth-order valence-electron chi connectivity index (χ4n) is 5.24. The summed E-state index contributed by atoms with van der Waals surface area (Å²) in [4.78, 5) is 72.5. The fraction of sp³-hybridized carbons (Fsp3) is 0.150. The molecule has 4 aromatic carbocycles. The molecule has 0 bridgehead atoms. The van der Waals surface area contributed by atoms with Crippen LogP contribution in [0.4, 0.5) is 34.1 Å². The van der Waals surface area contributed by atoms with Crippen molar-refractivity contribution in [2.45, 2.75) is 41.5 Å². The number of carbonyl (C=O) groups excluding carboxylic acids is 6. The Balaban J connectivity index is 0.00000620. The number of nitrogens with zero attached hydrogens (tertiary/aromatic N) is 4. The Morgan fingerprint density at radius 2 is 0.867 bits per heavy atom. The Kier molecular flexibility index (Phi) is 18.7. The molecular formula is C40H36N8Na2O10. The standard InChI is InChI=1S/C40H38N8O10.2Na/c1-19-15-25(7-11-31(19)43-37(53)35(21(3)49)47-45-33-13-9-27(41-23(5)51)17-29(33)39(55)56)26-8-12-32(20(2)16-26)44-38(54)36(22(4)50)48-46-34-14-10-28(42-24(6)52)18-30(34)40(57)58;;/h7-18,49-50H,1-6H3,(H,41,51)(H,42,52)(H,43,53)(H,44,54)(H,55,56)(H,57,58);;/q;2*+1/p-2/b35-21-,36-22-,47-45?,48-46?;;. The van der Waals surface area contributed by atoms with Gasteiger partial charge < -0.3 is 51.3 Å². The Hall–Kier alpha value is -6.02. The third-order valence-electron chi connectivity index (χ3n) is 7.99. The first-order valence-corrected chi connectivity index (χ1v) is 17.1. The van der Waals surface area contributed by atoms with Gasteiger partial charge in [-0.2, -0.15) is 0 Å². The van der Waals surface area contributed by atoms with Crippen LogP contribution >= 0.6 is 0 Å². The van der Waals surface area contributed by atoms with Gasteiger partial charge in [0.15, 0.2) is 11.4 Å². The van der Waals surface area contributed by atoms with Gasteiger partial charge in [-0.3, -0.25) is 19.2 Å². The second kappa shape index (κ2) is 22.4. The van der Waals surface area contributed by atoms with Crippen LogP contribution < -0.4 is 90.6 Å². The second-order valence-corrected chi connectivity index (χ2v) is 12.6. The number of anilines is 4. The molecule has 0 aliphatic rings. The van der Waals surface area contributed by atoms with Gasteiger partial charge in [-0.1, -0.05) is 12.1 Å². The maximum Gasteiger partial charge on any atom is 1.00 e. The average Bonchev–Trinajstić information content (AvgIpc) is 3.13. The quantitative estimate of drug-likeness (QED) is 0.0441. The second-order valence-electron chi connectivity index (χ2n) is 12.6. The molecule has 0 aromatic heterocycles. The minimum absolute atomic E-state index is 0. The van der Waals surface area contributed by atoms with E-state index in [1.54, 1.807) is 50.2 Å². The molecule has 4 aromatic rings. The summed E-state index contributed by atoms with van der Waals surface area (Å²) in [5.41, 5.74) is 1.58. The van der Waals surface area contributed by atoms with Crippen LogP contribution in [0.1, 0.15) is 59.5 Å². The summed E-state index contributed by atoms with van der Waals surface area (Å²) in [6.45, 7) is 8.36. The predicted octanol–water partition coefficient (Wildman–Crippen LogP) is -0.354. The molecule has 18 nitrogen and oxygen atoms in total. The molecule has 20 heteroatoms. The summed E-state index contributed by atoms with van der Waals surface area (Å²) in [6, 6.07) is 17.7. The van der Waals surface area contributed by atoms with Crippen molar-refractivity contribution >= 4 is 69.7 Å². The van der Waals surface area contributed by atoms with Crippen LogP contribution in [0.5, 0.6) is 0 Å². The average molecular weight is 835 g/mol. The molecule has 0 spiro atoms. The van der Waals surface area contributed by atoms with E-state index in [0.29, 0.717) is 22.5 Å². The number of aryl methyl sites for hydroxylation is 2. The Labute approximate surface area is 387 Å². The largest absolute Gasteiger partial charge is 1.00 e. The van der Waals surface area contributed by atoms with E-state index in [0.717, 1.165) is 23.3 Å². The van der Waals surface area contributed by atoms with Crippen LogP contribution in [0, 0.1) is 13.8 Å². The smallest absolute Gasteiger partial charge is 0.545 e. The van der Waals surface area contributed by atoms with Crippen molar-refractivity contribution in [2.75, 3.05) is 21.3 Å². The van der Waals surface area contributed by atoms with E-state index in [-0.39, 0.29) is 81.9 Å². The number of aliphatic hydroxyl groups is 2. The maximum absolute atomic E-state index is 13.2. The zero-order valence-corrected chi connectivity index (χ0v) is 37.9. The minimum atomic E-state index is -1.61. The zero-order chi connectivity index (χ0) is 42.8. The van der Waals surface area contributed by atoms with E-state index < -0.39 is 69.6 Å². The first kappa shape index (κ1) is 50.1.